The number of amides is 1. The van der Waals surface area contributed by atoms with Crippen molar-refractivity contribution in [1.82, 2.24) is 5.32 Å². The van der Waals surface area contributed by atoms with Crippen LogP contribution in [-0.4, -0.2) is 40.4 Å². The maximum Gasteiger partial charge on any atom is 0.375 e. The standard InChI is InChI=1S/C10H12NO7PS/c1-17-7-3-2-6(10(14)11-5-9(12)13)4-8(7)18-19(15,16)20/h2-4H,5H2,1H3,(H,11,14)(H,12,13)(H2,15,16,20). The van der Waals surface area contributed by atoms with Crippen molar-refractivity contribution in [1.29, 1.82) is 0 Å². The van der Waals surface area contributed by atoms with Gasteiger partial charge in [0, 0.05) is 17.4 Å². The number of hydrogen-bond donors (Lipinski definition) is 4. The van der Waals surface area contributed by atoms with Crippen molar-refractivity contribution in [2.45, 2.75) is 0 Å². The Balaban J connectivity index is 3.00. The molecule has 0 unspecified atom stereocenters. The average molecular weight is 321 g/mol. The van der Waals surface area contributed by atoms with Gasteiger partial charge in [0.25, 0.3) is 5.91 Å². The SMILES string of the molecule is COc1ccc(C(=O)NCC(=O)O)cc1OP(O)(O)=S. The zero-order valence-corrected chi connectivity index (χ0v) is 12.0. The summed E-state index contributed by atoms with van der Waals surface area (Å²) in [4.78, 5) is 40.3. The van der Waals surface area contributed by atoms with Crippen LogP contribution in [0.1, 0.15) is 10.4 Å². The minimum Gasteiger partial charge on any atom is -0.493 e. The first-order chi connectivity index (χ1) is 9.23. The summed E-state index contributed by atoms with van der Waals surface area (Å²) in [5, 5.41) is 10.6. The van der Waals surface area contributed by atoms with Gasteiger partial charge in [0.05, 0.1) is 7.11 Å². The first-order valence-electron chi connectivity index (χ1n) is 5.16. The lowest BCUT2D eigenvalue weighted by atomic mass is 10.2. The molecule has 20 heavy (non-hydrogen) atoms. The maximum absolute atomic E-state index is 11.7. The highest BCUT2D eigenvalue weighted by Gasteiger charge is 2.17. The zero-order valence-electron chi connectivity index (χ0n) is 10.3. The third-order valence-corrected chi connectivity index (χ3v) is 2.70. The van der Waals surface area contributed by atoms with E-state index in [1.807, 2.05) is 0 Å². The van der Waals surface area contributed by atoms with Crippen LogP contribution in [0.15, 0.2) is 18.2 Å². The van der Waals surface area contributed by atoms with E-state index in [4.69, 9.17) is 24.2 Å². The number of rotatable bonds is 6. The normalized spacial score (nSPS) is 10.8. The minimum atomic E-state index is -3.98. The fraction of sp³-hybridized carbons (Fsp3) is 0.200. The van der Waals surface area contributed by atoms with Gasteiger partial charge >= 0.3 is 12.7 Å². The molecule has 1 rings (SSSR count). The summed E-state index contributed by atoms with van der Waals surface area (Å²) < 4.78 is 9.68. The lowest BCUT2D eigenvalue weighted by molar-refractivity contribution is -0.135. The predicted molar refractivity (Wildman–Crippen MR) is 72.3 cm³/mol. The van der Waals surface area contributed by atoms with Gasteiger partial charge in [-0.1, -0.05) is 0 Å². The summed E-state index contributed by atoms with van der Waals surface area (Å²) >= 11 is 4.33. The van der Waals surface area contributed by atoms with E-state index in [1.54, 1.807) is 0 Å². The van der Waals surface area contributed by atoms with Crippen LogP contribution in [0.4, 0.5) is 0 Å². The van der Waals surface area contributed by atoms with E-state index >= 15 is 0 Å². The van der Waals surface area contributed by atoms with E-state index < -0.39 is 25.1 Å². The molecule has 0 heterocycles. The highest BCUT2D eigenvalue weighted by molar-refractivity contribution is 8.06. The molecule has 0 bridgehead atoms. The van der Waals surface area contributed by atoms with Gasteiger partial charge in [0.1, 0.15) is 6.54 Å². The maximum atomic E-state index is 11.7. The Labute approximate surface area is 119 Å². The molecule has 0 atom stereocenters. The lowest BCUT2D eigenvalue weighted by Gasteiger charge is -2.14. The number of benzene rings is 1. The molecule has 0 saturated carbocycles. The van der Waals surface area contributed by atoms with Crippen LogP contribution in [-0.2, 0) is 16.6 Å². The van der Waals surface area contributed by atoms with E-state index in [2.05, 4.69) is 17.1 Å². The quantitative estimate of drug-likeness (QED) is 0.544. The number of carbonyl (C=O) groups is 2. The Kier molecular flexibility index (Phi) is 5.46. The molecular formula is C10H12NO7PS. The van der Waals surface area contributed by atoms with Crippen LogP contribution in [0, 0.1) is 0 Å². The molecule has 1 amide bonds. The third kappa shape index (κ3) is 5.14. The van der Waals surface area contributed by atoms with Crippen molar-refractivity contribution < 1.29 is 33.7 Å². The first-order valence-corrected chi connectivity index (χ1v) is 7.78. The molecule has 0 aliphatic carbocycles. The molecule has 0 fully saturated rings. The summed E-state index contributed by atoms with van der Waals surface area (Å²) in [6.07, 6.45) is 0. The molecule has 0 aliphatic heterocycles. The summed E-state index contributed by atoms with van der Waals surface area (Å²) in [5.41, 5.74) is 0.0606. The fourth-order valence-electron chi connectivity index (χ4n) is 1.28. The number of ether oxygens (including phenoxy) is 1. The Morgan fingerprint density at radius 1 is 1.35 bits per heavy atom. The summed E-state index contributed by atoms with van der Waals surface area (Å²) in [5.74, 6) is -1.82. The van der Waals surface area contributed by atoms with E-state index in [9.17, 15) is 9.59 Å². The van der Waals surface area contributed by atoms with Crippen molar-refractivity contribution in [2.24, 2.45) is 0 Å². The smallest absolute Gasteiger partial charge is 0.375 e. The second kappa shape index (κ2) is 6.67. The molecule has 10 heteroatoms. The molecule has 110 valence electrons. The van der Waals surface area contributed by atoms with Crippen LogP contribution in [0.25, 0.3) is 0 Å². The zero-order chi connectivity index (χ0) is 15.3. The second-order valence-corrected chi connectivity index (χ2v) is 6.11. The topological polar surface area (TPSA) is 125 Å². The van der Waals surface area contributed by atoms with E-state index in [-0.39, 0.29) is 17.1 Å². The molecule has 1 aromatic carbocycles. The summed E-state index contributed by atoms with van der Waals surface area (Å²) in [6, 6.07) is 3.89. The molecule has 4 N–H and O–H groups in total. The van der Waals surface area contributed by atoms with Gasteiger partial charge in [-0.3, -0.25) is 9.59 Å². The van der Waals surface area contributed by atoms with Crippen LogP contribution in [0.2, 0.25) is 0 Å². The molecule has 0 radical (unpaired) electrons. The molecule has 1 aromatic rings. The molecular weight excluding hydrogens is 309 g/mol. The first kappa shape index (κ1) is 16.4. The highest BCUT2D eigenvalue weighted by atomic mass is 32.5. The number of nitrogens with one attached hydrogen (secondary N) is 1. The van der Waals surface area contributed by atoms with E-state index in [0.717, 1.165) is 0 Å². The van der Waals surface area contributed by atoms with Gasteiger partial charge in [-0.25, -0.2) is 0 Å². The van der Waals surface area contributed by atoms with Crippen LogP contribution < -0.4 is 14.6 Å². The van der Waals surface area contributed by atoms with Crippen LogP contribution >= 0.6 is 6.72 Å². The largest absolute Gasteiger partial charge is 0.493 e. The summed E-state index contributed by atoms with van der Waals surface area (Å²) in [6.45, 7) is -4.52. The van der Waals surface area contributed by atoms with Crippen molar-refractivity contribution in [3.8, 4) is 11.5 Å². The lowest BCUT2D eigenvalue weighted by Crippen LogP contribution is -2.29. The van der Waals surface area contributed by atoms with Crippen LogP contribution in [0.5, 0.6) is 11.5 Å². The second-order valence-electron chi connectivity index (χ2n) is 3.52. The molecule has 8 nitrogen and oxygen atoms in total. The monoisotopic (exact) mass is 321 g/mol. The van der Waals surface area contributed by atoms with E-state index in [0.29, 0.717) is 0 Å². The van der Waals surface area contributed by atoms with Crippen molar-refractivity contribution in [3.63, 3.8) is 0 Å². The van der Waals surface area contributed by atoms with Gasteiger partial charge in [0.2, 0.25) is 0 Å². The highest BCUT2D eigenvalue weighted by Crippen LogP contribution is 2.42. The van der Waals surface area contributed by atoms with Gasteiger partial charge in [-0.2, -0.15) is 0 Å². The van der Waals surface area contributed by atoms with Crippen molar-refractivity contribution in [3.05, 3.63) is 23.8 Å². The third-order valence-electron chi connectivity index (χ3n) is 2.04. The Morgan fingerprint density at radius 2 is 2.00 bits per heavy atom. The van der Waals surface area contributed by atoms with Gasteiger partial charge < -0.3 is 29.5 Å². The Morgan fingerprint density at radius 3 is 2.50 bits per heavy atom. The van der Waals surface area contributed by atoms with Gasteiger partial charge in [-0.05, 0) is 18.2 Å². The molecule has 0 aromatic heterocycles. The number of carboxylic acid groups (broad SMARTS) is 1. The molecule has 0 saturated heterocycles. The van der Waals surface area contributed by atoms with Gasteiger partial charge in [-0.15, -0.1) is 0 Å². The number of carboxylic acids is 1. The van der Waals surface area contributed by atoms with E-state index in [1.165, 1.54) is 25.3 Å². The van der Waals surface area contributed by atoms with Crippen molar-refractivity contribution in [2.75, 3.05) is 13.7 Å². The molecule has 0 aliphatic rings. The number of aliphatic carboxylic acids is 1. The summed E-state index contributed by atoms with van der Waals surface area (Å²) in [7, 11) is 1.32. The Hall–Kier alpha value is -1.67. The predicted octanol–water partition coefficient (Wildman–Crippen LogP) is 0.0975. The molecule has 0 spiro atoms. The Bertz CT molecular complexity index is 571. The fourth-order valence-corrected chi connectivity index (χ4v) is 1.92. The number of hydrogen-bond acceptors (Lipinski definition) is 5. The minimum absolute atomic E-state index is 0.0606. The number of carbonyl (C=O) groups excluding carboxylic acids is 1. The van der Waals surface area contributed by atoms with Crippen LogP contribution in [0.3, 0.4) is 0 Å². The van der Waals surface area contributed by atoms with Gasteiger partial charge in [0.15, 0.2) is 11.5 Å². The van der Waals surface area contributed by atoms with Crippen molar-refractivity contribution >= 4 is 30.4 Å². The number of methoxy groups -OCH3 is 1. The average Bonchev–Trinajstić information content (AvgIpc) is 2.33.